The third-order valence-corrected chi connectivity index (χ3v) is 3.51. The van der Waals surface area contributed by atoms with Crippen LogP contribution in [0.4, 0.5) is 11.4 Å². The highest BCUT2D eigenvalue weighted by Crippen LogP contribution is 2.26. The fourth-order valence-corrected chi connectivity index (χ4v) is 2.26. The second-order valence-corrected chi connectivity index (χ2v) is 5.10. The second kappa shape index (κ2) is 7.87. The summed E-state index contributed by atoms with van der Waals surface area (Å²) in [6, 6.07) is 5.19. The lowest BCUT2D eigenvalue weighted by Crippen LogP contribution is -2.13. The quantitative estimate of drug-likeness (QED) is 0.589. The Bertz CT molecular complexity index is 397. The first kappa shape index (κ1) is 14.7. The molecule has 0 aliphatic rings. The lowest BCUT2D eigenvalue weighted by Gasteiger charge is -2.10. The van der Waals surface area contributed by atoms with E-state index in [4.69, 9.17) is 10.5 Å². The van der Waals surface area contributed by atoms with Gasteiger partial charge in [-0.05, 0) is 24.3 Å². The molecule has 100 valence electrons. The Hall–Kier alpha value is -1.36. The van der Waals surface area contributed by atoms with E-state index < -0.39 is 0 Å². The molecule has 1 amide bonds. The van der Waals surface area contributed by atoms with Crippen LogP contribution < -0.4 is 15.8 Å². The van der Waals surface area contributed by atoms with Gasteiger partial charge in [0.15, 0.2) is 0 Å². The van der Waals surface area contributed by atoms with Gasteiger partial charge in [0, 0.05) is 23.9 Å². The molecule has 4 nitrogen and oxygen atoms in total. The smallest absolute Gasteiger partial charge is 0.225 e. The standard InChI is InChI=1S/C13H20N2O2S/c1-3-7-18-8-6-13(16)15-11-5-4-10(14)9-12(11)17-2/h4-5,9H,3,6-8,14H2,1-2H3,(H,15,16). The number of ether oxygens (including phenoxy) is 1. The van der Waals surface area contributed by atoms with Gasteiger partial charge in [0.05, 0.1) is 12.8 Å². The number of benzene rings is 1. The number of nitrogen functional groups attached to an aromatic ring is 1. The van der Waals surface area contributed by atoms with Crippen molar-refractivity contribution in [2.45, 2.75) is 19.8 Å². The van der Waals surface area contributed by atoms with Gasteiger partial charge < -0.3 is 15.8 Å². The molecule has 1 aromatic carbocycles. The van der Waals surface area contributed by atoms with Crippen molar-refractivity contribution in [2.75, 3.05) is 29.7 Å². The minimum atomic E-state index is 0.00155. The first-order valence-corrected chi connectivity index (χ1v) is 7.14. The van der Waals surface area contributed by atoms with Crippen molar-refractivity contribution in [1.29, 1.82) is 0 Å². The molecule has 1 aromatic rings. The van der Waals surface area contributed by atoms with Crippen LogP contribution in [0.5, 0.6) is 5.75 Å². The minimum Gasteiger partial charge on any atom is -0.494 e. The van der Waals surface area contributed by atoms with E-state index in [0.717, 1.165) is 17.9 Å². The Morgan fingerprint density at radius 3 is 2.89 bits per heavy atom. The number of methoxy groups -OCH3 is 1. The summed E-state index contributed by atoms with van der Waals surface area (Å²) >= 11 is 1.79. The van der Waals surface area contributed by atoms with E-state index in [-0.39, 0.29) is 5.91 Å². The maximum atomic E-state index is 11.7. The summed E-state index contributed by atoms with van der Waals surface area (Å²) in [6.45, 7) is 2.13. The summed E-state index contributed by atoms with van der Waals surface area (Å²) in [5.74, 6) is 2.53. The molecule has 3 N–H and O–H groups in total. The lowest BCUT2D eigenvalue weighted by molar-refractivity contribution is -0.115. The summed E-state index contributed by atoms with van der Waals surface area (Å²) in [6.07, 6.45) is 1.65. The van der Waals surface area contributed by atoms with Gasteiger partial charge in [-0.2, -0.15) is 11.8 Å². The molecule has 0 atom stereocenters. The van der Waals surface area contributed by atoms with E-state index in [0.29, 0.717) is 23.5 Å². The van der Waals surface area contributed by atoms with Gasteiger partial charge in [0.1, 0.15) is 5.75 Å². The Morgan fingerprint density at radius 1 is 1.44 bits per heavy atom. The zero-order valence-electron chi connectivity index (χ0n) is 10.9. The van der Waals surface area contributed by atoms with Crippen LogP contribution in [0.2, 0.25) is 0 Å². The topological polar surface area (TPSA) is 64.4 Å². The van der Waals surface area contributed by atoms with Gasteiger partial charge >= 0.3 is 0 Å². The Morgan fingerprint density at radius 2 is 2.22 bits per heavy atom. The highest BCUT2D eigenvalue weighted by molar-refractivity contribution is 7.99. The molecule has 0 spiro atoms. The highest BCUT2D eigenvalue weighted by atomic mass is 32.2. The van der Waals surface area contributed by atoms with E-state index in [2.05, 4.69) is 12.2 Å². The lowest BCUT2D eigenvalue weighted by atomic mass is 10.2. The zero-order chi connectivity index (χ0) is 13.4. The number of hydrogen-bond acceptors (Lipinski definition) is 4. The average molecular weight is 268 g/mol. The van der Waals surface area contributed by atoms with Crippen LogP contribution in [0.1, 0.15) is 19.8 Å². The van der Waals surface area contributed by atoms with Crippen LogP contribution in [0, 0.1) is 0 Å². The number of anilines is 2. The van der Waals surface area contributed by atoms with Gasteiger partial charge in [0.2, 0.25) is 5.91 Å². The van der Waals surface area contributed by atoms with E-state index in [1.54, 1.807) is 37.1 Å². The molecule has 0 aromatic heterocycles. The van der Waals surface area contributed by atoms with Crippen molar-refractivity contribution in [3.05, 3.63) is 18.2 Å². The number of hydrogen-bond donors (Lipinski definition) is 2. The van der Waals surface area contributed by atoms with E-state index in [1.165, 1.54) is 0 Å². The number of rotatable bonds is 7. The van der Waals surface area contributed by atoms with Gasteiger partial charge in [-0.3, -0.25) is 4.79 Å². The van der Waals surface area contributed by atoms with Crippen molar-refractivity contribution in [3.8, 4) is 5.75 Å². The maximum absolute atomic E-state index is 11.7. The summed E-state index contributed by atoms with van der Waals surface area (Å²) < 4.78 is 5.17. The highest BCUT2D eigenvalue weighted by Gasteiger charge is 2.07. The van der Waals surface area contributed by atoms with Gasteiger partial charge in [-0.1, -0.05) is 6.92 Å². The fourth-order valence-electron chi connectivity index (χ4n) is 1.44. The van der Waals surface area contributed by atoms with E-state index >= 15 is 0 Å². The van der Waals surface area contributed by atoms with Crippen molar-refractivity contribution in [2.24, 2.45) is 0 Å². The van der Waals surface area contributed by atoms with Gasteiger partial charge in [-0.15, -0.1) is 0 Å². The molecule has 0 unspecified atom stereocenters. The average Bonchev–Trinajstić information content (AvgIpc) is 2.37. The fraction of sp³-hybridized carbons (Fsp3) is 0.462. The molecule has 0 bridgehead atoms. The Kier molecular flexibility index (Phi) is 6.43. The third-order valence-electron chi connectivity index (χ3n) is 2.32. The van der Waals surface area contributed by atoms with Crippen LogP contribution in [0.15, 0.2) is 18.2 Å². The van der Waals surface area contributed by atoms with Crippen molar-refractivity contribution in [3.63, 3.8) is 0 Å². The predicted octanol–water partition coefficient (Wildman–Crippen LogP) is 2.75. The van der Waals surface area contributed by atoms with E-state index in [9.17, 15) is 4.79 Å². The van der Waals surface area contributed by atoms with Gasteiger partial charge in [0.25, 0.3) is 0 Å². The molecule has 5 heteroatoms. The molecule has 0 aliphatic carbocycles. The number of carbonyl (C=O) groups excluding carboxylic acids is 1. The molecule has 0 heterocycles. The first-order valence-electron chi connectivity index (χ1n) is 5.98. The summed E-state index contributed by atoms with van der Waals surface area (Å²) in [7, 11) is 1.56. The number of amides is 1. The van der Waals surface area contributed by atoms with Crippen LogP contribution in [-0.4, -0.2) is 24.5 Å². The molecule has 0 aliphatic heterocycles. The largest absolute Gasteiger partial charge is 0.494 e. The molecular weight excluding hydrogens is 248 g/mol. The van der Waals surface area contributed by atoms with Crippen molar-refractivity contribution in [1.82, 2.24) is 0 Å². The normalized spacial score (nSPS) is 10.1. The number of nitrogens with one attached hydrogen (secondary N) is 1. The van der Waals surface area contributed by atoms with Crippen molar-refractivity contribution >= 4 is 29.0 Å². The predicted molar refractivity (Wildman–Crippen MR) is 78.3 cm³/mol. The molecule has 0 saturated heterocycles. The summed E-state index contributed by atoms with van der Waals surface area (Å²) in [4.78, 5) is 11.7. The summed E-state index contributed by atoms with van der Waals surface area (Å²) in [5.41, 5.74) is 6.93. The maximum Gasteiger partial charge on any atom is 0.225 e. The molecule has 0 fully saturated rings. The zero-order valence-corrected chi connectivity index (χ0v) is 11.7. The van der Waals surface area contributed by atoms with Crippen LogP contribution in [0.25, 0.3) is 0 Å². The SMILES string of the molecule is CCCSCCC(=O)Nc1ccc(N)cc1OC. The Balaban J connectivity index is 2.48. The monoisotopic (exact) mass is 268 g/mol. The Labute approximate surface area is 112 Å². The molecule has 0 radical (unpaired) electrons. The van der Waals surface area contributed by atoms with Crippen LogP contribution in [-0.2, 0) is 4.79 Å². The van der Waals surface area contributed by atoms with E-state index in [1.807, 2.05) is 0 Å². The number of carbonyl (C=O) groups is 1. The second-order valence-electron chi connectivity index (χ2n) is 3.87. The number of thioether (sulfide) groups is 1. The van der Waals surface area contributed by atoms with Crippen molar-refractivity contribution < 1.29 is 9.53 Å². The first-order chi connectivity index (χ1) is 8.67. The third kappa shape index (κ3) is 4.87. The molecule has 18 heavy (non-hydrogen) atoms. The molecule has 0 saturated carbocycles. The number of nitrogens with two attached hydrogens (primary N) is 1. The summed E-state index contributed by atoms with van der Waals surface area (Å²) in [5, 5.41) is 2.83. The molecule has 1 rings (SSSR count). The van der Waals surface area contributed by atoms with Crippen LogP contribution >= 0.6 is 11.8 Å². The molecular formula is C13H20N2O2S. The van der Waals surface area contributed by atoms with Gasteiger partial charge in [-0.25, -0.2) is 0 Å². The van der Waals surface area contributed by atoms with Crippen LogP contribution in [0.3, 0.4) is 0 Å². The minimum absolute atomic E-state index is 0.00155.